The molecule has 3 heterocycles. The number of anilines is 1. The van der Waals surface area contributed by atoms with Crippen LogP contribution < -0.4 is 5.32 Å². The van der Waals surface area contributed by atoms with E-state index in [9.17, 15) is 18.4 Å². The van der Waals surface area contributed by atoms with Crippen LogP contribution in [-0.4, -0.2) is 39.2 Å². The maximum atomic E-state index is 13.5. The van der Waals surface area contributed by atoms with Crippen molar-refractivity contribution < 1.29 is 18.4 Å². The van der Waals surface area contributed by atoms with Crippen molar-refractivity contribution >= 4 is 33.8 Å². The van der Waals surface area contributed by atoms with Gasteiger partial charge in [-0.1, -0.05) is 19.1 Å². The summed E-state index contributed by atoms with van der Waals surface area (Å²) in [6.07, 6.45) is 3.84. The molecule has 0 radical (unpaired) electrons. The maximum Gasteiger partial charge on any atom is 0.271 e. The van der Waals surface area contributed by atoms with Crippen LogP contribution in [0.3, 0.4) is 0 Å². The zero-order valence-electron chi connectivity index (χ0n) is 18.4. The molecule has 0 saturated carbocycles. The van der Waals surface area contributed by atoms with Gasteiger partial charge in [-0.2, -0.15) is 0 Å². The molecule has 9 heteroatoms. The van der Waals surface area contributed by atoms with E-state index >= 15 is 0 Å². The largest absolute Gasteiger partial charge is 0.337 e. The van der Waals surface area contributed by atoms with Crippen LogP contribution in [0.25, 0.3) is 16.2 Å². The summed E-state index contributed by atoms with van der Waals surface area (Å²) in [4.78, 5) is 32.8. The first-order valence-electron chi connectivity index (χ1n) is 11.0. The summed E-state index contributed by atoms with van der Waals surface area (Å²) in [5, 5.41) is 4.54. The van der Waals surface area contributed by atoms with Gasteiger partial charge in [-0.25, -0.2) is 13.8 Å². The summed E-state index contributed by atoms with van der Waals surface area (Å²) in [6.45, 7) is 3.73. The minimum atomic E-state index is -1.08. The van der Waals surface area contributed by atoms with E-state index in [4.69, 9.17) is 0 Å². The normalized spacial score (nSPS) is 14.5. The van der Waals surface area contributed by atoms with Crippen molar-refractivity contribution in [2.45, 2.75) is 19.8 Å². The highest BCUT2D eigenvalue weighted by Gasteiger charge is 2.24. The molecular weight excluding hydrogens is 458 g/mol. The Morgan fingerprint density at radius 3 is 2.65 bits per heavy atom. The minimum absolute atomic E-state index is 0.00893. The molecule has 0 unspecified atom stereocenters. The molecule has 1 N–H and O–H groups in total. The van der Waals surface area contributed by atoms with Crippen LogP contribution in [0.5, 0.6) is 0 Å². The first-order valence-corrected chi connectivity index (χ1v) is 11.9. The number of thiazole rings is 1. The van der Waals surface area contributed by atoms with E-state index in [1.165, 1.54) is 17.4 Å². The topological polar surface area (TPSA) is 66.7 Å². The predicted molar refractivity (Wildman–Crippen MR) is 127 cm³/mol. The number of benzene rings is 2. The number of halogens is 2. The van der Waals surface area contributed by atoms with Gasteiger partial charge in [0.05, 0.1) is 5.69 Å². The van der Waals surface area contributed by atoms with Gasteiger partial charge in [0.2, 0.25) is 0 Å². The van der Waals surface area contributed by atoms with Crippen molar-refractivity contribution in [3.63, 3.8) is 0 Å². The number of nitrogens with zero attached hydrogens (tertiary/aromatic N) is 3. The molecule has 34 heavy (non-hydrogen) atoms. The van der Waals surface area contributed by atoms with Gasteiger partial charge >= 0.3 is 0 Å². The van der Waals surface area contributed by atoms with E-state index in [1.807, 2.05) is 26.9 Å². The van der Waals surface area contributed by atoms with Crippen molar-refractivity contribution in [1.82, 2.24) is 14.3 Å². The number of carbonyl (C=O) groups excluding carboxylic acids is 2. The summed E-state index contributed by atoms with van der Waals surface area (Å²) >= 11 is 1.41. The zero-order chi connectivity index (χ0) is 23.8. The first kappa shape index (κ1) is 22.2. The van der Waals surface area contributed by atoms with Crippen molar-refractivity contribution in [2.24, 2.45) is 5.92 Å². The van der Waals surface area contributed by atoms with E-state index in [-0.39, 0.29) is 11.5 Å². The minimum Gasteiger partial charge on any atom is -0.337 e. The van der Waals surface area contributed by atoms with E-state index in [1.54, 1.807) is 18.2 Å². The molecule has 5 rings (SSSR count). The molecule has 6 nitrogen and oxygen atoms in total. The van der Waals surface area contributed by atoms with Crippen molar-refractivity contribution in [3.05, 3.63) is 76.9 Å². The van der Waals surface area contributed by atoms with Gasteiger partial charge in [0.25, 0.3) is 11.8 Å². The number of hydrogen-bond donors (Lipinski definition) is 1. The van der Waals surface area contributed by atoms with Gasteiger partial charge in [-0.15, -0.1) is 11.3 Å². The Morgan fingerprint density at radius 1 is 1.09 bits per heavy atom. The molecule has 2 amide bonds. The van der Waals surface area contributed by atoms with Crippen LogP contribution in [0.2, 0.25) is 0 Å². The molecule has 0 spiro atoms. The number of fused-ring (bicyclic) bond motifs is 1. The van der Waals surface area contributed by atoms with Crippen LogP contribution in [0.15, 0.2) is 54.0 Å². The summed E-state index contributed by atoms with van der Waals surface area (Å²) < 4.78 is 28.4. The number of aromatic nitrogens is 2. The summed E-state index contributed by atoms with van der Waals surface area (Å²) in [6, 6.07) is 10.1. The third-order valence-electron chi connectivity index (χ3n) is 6.10. The third kappa shape index (κ3) is 4.31. The van der Waals surface area contributed by atoms with Gasteiger partial charge in [0, 0.05) is 41.5 Å². The van der Waals surface area contributed by atoms with Gasteiger partial charge in [0.15, 0.2) is 16.6 Å². The van der Waals surface area contributed by atoms with Crippen LogP contribution in [0.1, 0.15) is 40.6 Å². The highest BCUT2D eigenvalue weighted by Crippen LogP contribution is 2.27. The van der Waals surface area contributed by atoms with Crippen LogP contribution in [0.4, 0.5) is 14.5 Å². The summed E-state index contributed by atoms with van der Waals surface area (Å²) in [7, 11) is 0. The van der Waals surface area contributed by atoms with Crippen LogP contribution >= 0.6 is 11.3 Å². The van der Waals surface area contributed by atoms with Crippen molar-refractivity contribution in [3.8, 4) is 11.3 Å². The Bertz CT molecular complexity index is 1390. The van der Waals surface area contributed by atoms with Crippen LogP contribution in [-0.2, 0) is 0 Å². The molecule has 1 aliphatic rings. The molecular formula is C25H22F2N4O2S. The standard InChI is InChI=1S/C25H22F2N4O2S/c1-15-7-9-30(10-8-15)24(33)22-14-34-25-29-21(13-31(22)25)16-3-2-4-18(11-16)28-23(32)17-5-6-19(26)20(27)12-17/h2-6,11-15H,7-10H2,1H3,(H,28,32). The van der Waals surface area contributed by atoms with E-state index in [0.717, 1.165) is 43.6 Å². The lowest BCUT2D eigenvalue weighted by Crippen LogP contribution is -2.38. The van der Waals surface area contributed by atoms with E-state index in [0.29, 0.717) is 28.0 Å². The number of rotatable bonds is 4. The Labute approximate surface area is 198 Å². The van der Waals surface area contributed by atoms with Crippen molar-refractivity contribution in [1.29, 1.82) is 0 Å². The fraction of sp³-hybridized carbons (Fsp3) is 0.240. The Hall–Kier alpha value is -3.59. The monoisotopic (exact) mass is 480 g/mol. The van der Waals surface area contributed by atoms with E-state index < -0.39 is 17.5 Å². The number of likely N-dealkylation sites (tertiary alicyclic amines) is 1. The van der Waals surface area contributed by atoms with Crippen molar-refractivity contribution in [2.75, 3.05) is 18.4 Å². The smallest absolute Gasteiger partial charge is 0.271 e. The average molecular weight is 481 g/mol. The highest BCUT2D eigenvalue weighted by molar-refractivity contribution is 7.15. The lowest BCUT2D eigenvalue weighted by molar-refractivity contribution is 0.0690. The lowest BCUT2D eigenvalue weighted by atomic mass is 9.99. The first-order chi connectivity index (χ1) is 16.4. The Kier molecular flexibility index (Phi) is 5.87. The fourth-order valence-corrected chi connectivity index (χ4v) is 4.89. The number of hydrogen-bond acceptors (Lipinski definition) is 4. The molecule has 0 atom stereocenters. The number of nitrogens with one attached hydrogen (secondary N) is 1. The molecule has 0 aliphatic carbocycles. The summed E-state index contributed by atoms with van der Waals surface area (Å²) in [5.41, 5.74) is 2.52. The molecule has 1 saturated heterocycles. The third-order valence-corrected chi connectivity index (χ3v) is 6.94. The van der Waals surface area contributed by atoms with E-state index in [2.05, 4.69) is 17.2 Å². The lowest BCUT2D eigenvalue weighted by Gasteiger charge is -2.30. The van der Waals surface area contributed by atoms with Crippen LogP contribution in [0, 0.1) is 17.6 Å². The predicted octanol–water partition coefficient (Wildman–Crippen LogP) is 5.47. The maximum absolute atomic E-state index is 13.5. The quantitative estimate of drug-likeness (QED) is 0.422. The zero-order valence-corrected chi connectivity index (χ0v) is 19.2. The van der Waals surface area contributed by atoms with Gasteiger partial charge in [-0.05, 0) is 49.1 Å². The second kappa shape index (κ2) is 8.98. The highest BCUT2D eigenvalue weighted by atomic mass is 32.1. The molecule has 174 valence electrons. The number of carbonyl (C=O) groups is 2. The van der Waals surface area contributed by atoms with Gasteiger partial charge in [0.1, 0.15) is 5.69 Å². The molecule has 1 fully saturated rings. The second-order valence-electron chi connectivity index (χ2n) is 8.54. The average Bonchev–Trinajstić information content (AvgIpc) is 3.42. The number of piperidine rings is 1. The van der Waals surface area contributed by atoms with Gasteiger partial charge < -0.3 is 10.2 Å². The van der Waals surface area contributed by atoms with Gasteiger partial charge in [-0.3, -0.25) is 14.0 Å². The SMILES string of the molecule is CC1CCN(C(=O)c2csc3nc(-c4cccc(NC(=O)c5ccc(F)c(F)c5)c4)cn23)CC1. The molecule has 1 aliphatic heterocycles. The molecule has 2 aromatic carbocycles. The second-order valence-corrected chi connectivity index (χ2v) is 9.37. The number of imidazole rings is 1. The number of amides is 2. The molecule has 2 aromatic heterocycles. The molecule has 0 bridgehead atoms. The molecule has 4 aromatic rings. The Balaban J connectivity index is 1.37. The Morgan fingerprint density at radius 2 is 1.88 bits per heavy atom. The fourth-order valence-electron chi connectivity index (χ4n) is 4.05. The summed E-state index contributed by atoms with van der Waals surface area (Å²) in [5.74, 6) is -1.99.